The van der Waals surface area contributed by atoms with Crippen molar-refractivity contribution in [2.75, 3.05) is 19.7 Å². The molecule has 1 amide bonds. The number of piperidine rings is 1. The maximum absolute atomic E-state index is 12.9. The first-order chi connectivity index (χ1) is 15.3. The Hall–Kier alpha value is -2.53. The van der Waals surface area contributed by atoms with Gasteiger partial charge in [0.05, 0.1) is 25.0 Å². The number of benzene rings is 2. The summed E-state index contributed by atoms with van der Waals surface area (Å²) in [6.45, 7) is 7.42. The molecule has 0 radical (unpaired) electrons. The second-order valence-corrected chi connectivity index (χ2v) is 9.25. The average molecular weight is 456 g/mol. The Morgan fingerprint density at radius 1 is 1.19 bits per heavy atom. The summed E-state index contributed by atoms with van der Waals surface area (Å²) < 4.78 is 12.1. The number of ether oxygens (including phenoxy) is 2. The van der Waals surface area contributed by atoms with Crippen molar-refractivity contribution in [1.29, 1.82) is 0 Å². The first-order valence-electron chi connectivity index (χ1n) is 11.3. The minimum absolute atomic E-state index is 0.0750. The van der Waals surface area contributed by atoms with Crippen molar-refractivity contribution in [2.45, 2.75) is 58.5 Å². The van der Waals surface area contributed by atoms with Gasteiger partial charge in [-0.25, -0.2) is 0 Å². The molecule has 5 nitrogen and oxygen atoms in total. The van der Waals surface area contributed by atoms with Crippen molar-refractivity contribution in [1.82, 2.24) is 4.90 Å². The van der Waals surface area contributed by atoms with E-state index in [1.807, 2.05) is 49.1 Å². The lowest BCUT2D eigenvalue weighted by Crippen LogP contribution is -2.52. The molecule has 0 aliphatic carbocycles. The van der Waals surface area contributed by atoms with Crippen LogP contribution in [0.25, 0.3) is 0 Å². The number of ketones is 1. The molecule has 0 aromatic heterocycles. The van der Waals surface area contributed by atoms with E-state index in [4.69, 9.17) is 21.1 Å². The first kappa shape index (κ1) is 22.7. The maximum Gasteiger partial charge on any atom is 0.226 e. The molecule has 0 unspecified atom stereocenters. The molecule has 2 aliphatic heterocycles. The maximum atomic E-state index is 12.9. The summed E-state index contributed by atoms with van der Waals surface area (Å²) in [5, 5.41) is 0.626. The Bertz CT molecular complexity index is 1020. The van der Waals surface area contributed by atoms with Crippen molar-refractivity contribution in [2.24, 2.45) is 0 Å². The average Bonchev–Trinajstić information content (AvgIpc) is 2.78. The van der Waals surface area contributed by atoms with Gasteiger partial charge in [0, 0.05) is 31.0 Å². The van der Waals surface area contributed by atoms with Gasteiger partial charge in [-0.1, -0.05) is 30.7 Å². The molecular formula is C26H30ClNO4. The molecule has 32 heavy (non-hydrogen) atoms. The van der Waals surface area contributed by atoms with Crippen LogP contribution in [0.2, 0.25) is 5.02 Å². The lowest BCUT2D eigenvalue weighted by molar-refractivity contribution is -0.135. The van der Waals surface area contributed by atoms with Crippen molar-refractivity contribution in [3.63, 3.8) is 0 Å². The fraction of sp³-hybridized carbons (Fsp3) is 0.462. The number of aryl methyl sites for hydroxylation is 2. The molecule has 6 heteroatoms. The highest BCUT2D eigenvalue weighted by Crippen LogP contribution is 2.43. The highest BCUT2D eigenvalue weighted by molar-refractivity contribution is 6.32. The van der Waals surface area contributed by atoms with E-state index in [0.717, 1.165) is 23.3 Å². The molecular weight excluding hydrogens is 426 g/mol. The fourth-order valence-corrected chi connectivity index (χ4v) is 4.83. The van der Waals surface area contributed by atoms with Gasteiger partial charge in [0.25, 0.3) is 0 Å². The second-order valence-electron chi connectivity index (χ2n) is 8.87. The Kier molecular flexibility index (Phi) is 6.47. The molecule has 0 atom stereocenters. The zero-order chi connectivity index (χ0) is 22.9. The van der Waals surface area contributed by atoms with Crippen LogP contribution in [0.4, 0.5) is 0 Å². The highest BCUT2D eigenvalue weighted by atomic mass is 35.5. The van der Waals surface area contributed by atoms with Crippen LogP contribution in [0.5, 0.6) is 11.5 Å². The van der Waals surface area contributed by atoms with Gasteiger partial charge in [-0.3, -0.25) is 9.59 Å². The van der Waals surface area contributed by atoms with Gasteiger partial charge in [-0.05, 0) is 55.2 Å². The summed E-state index contributed by atoms with van der Waals surface area (Å²) >= 11 is 6.34. The van der Waals surface area contributed by atoms with Gasteiger partial charge in [-0.15, -0.1) is 0 Å². The van der Waals surface area contributed by atoms with Crippen LogP contribution in [-0.2, 0) is 11.2 Å². The number of amides is 1. The lowest BCUT2D eigenvalue weighted by atomic mass is 9.81. The van der Waals surface area contributed by atoms with E-state index < -0.39 is 5.60 Å². The molecule has 1 saturated heterocycles. The molecule has 4 rings (SSSR count). The number of hydrogen-bond donors (Lipinski definition) is 0. The van der Waals surface area contributed by atoms with Gasteiger partial charge in [-0.2, -0.15) is 0 Å². The van der Waals surface area contributed by atoms with Crippen molar-refractivity contribution < 1.29 is 19.1 Å². The number of rotatable bonds is 5. The van der Waals surface area contributed by atoms with Crippen molar-refractivity contribution >= 4 is 23.3 Å². The smallest absolute Gasteiger partial charge is 0.226 e. The van der Waals surface area contributed by atoms with Crippen molar-refractivity contribution in [3.8, 4) is 11.5 Å². The van der Waals surface area contributed by atoms with E-state index in [2.05, 4.69) is 6.92 Å². The fourth-order valence-electron chi connectivity index (χ4n) is 4.68. The SMILES string of the molecule is CCc1ccc(OCCC(=O)N2CCC3(CC2)CC(=O)c2c(cc(C)c(Cl)c2C)O3)cc1. The molecule has 0 saturated carbocycles. The molecule has 0 N–H and O–H groups in total. The monoisotopic (exact) mass is 455 g/mol. The normalized spacial score (nSPS) is 17.1. The van der Waals surface area contributed by atoms with E-state index in [9.17, 15) is 9.59 Å². The van der Waals surface area contributed by atoms with Crippen LogP contribution in [0, 0.1) is 13.8 Å². The number of carbonyl (C=O) groups excluding carboxylic acids is 2. The third kappa shape index (κ3) is 4.49. The summed E-state index contributed by atoms with van der Waals surface area (Å²) in [6.07, 6.45) is 2.94. The lowest BCUT2D eigenvalue weighted by Gasteiger charge is -2.44. The van der Waals surface area contributed by atoms with Crippen LogP contribution >= 0.6 is 11.6 Å². The Morgan fingerprint density at radius 2 is 1.88 bits per heavy atom. The summed E-state index contributed by atoms with van der Waals surface area (Å²) in [7, 11) is 0. The number of nitrogens with zero attached hydrogens (tertiary/aromatic N) is 1. The van der Waals surface area contributed by atoms with E-state index in [0.29, 0.717) is 61.7 Å². The molecule has 2 aliphatic rings. The summed E-state index contributed by atoms with van der Waals surface area (Å²) in [5.74, 6) is 1.56. The predicted octanol–water partition coefficient (Wildman–Crippen LogP) is 5.31. The van der Waals surface area contributed by atoms with Crippen molar-refractivity contribution in [3.05, 3.63) is 57.6 Å². The summed E-state index contributed by atoms with van der Waals surface area (Å²) in [5.41, 5.74) is 3.03. The van der Waals surface area contributed by atoms with Gasteiger partial charge in [0.15, 0.2) is 5.78 Å². The van der Waals surface area contributed by atoms with E-state index in [-0.39, 0.29) is 11.7 Å². The van der Waals surface area contributed by atoms with Crippen LogP contribution in [0.3, 0.4) is 0 Å². The topological polar surface area (TPSA) is 55.8 Å². The van der Waals surface area contributed by atoms with E-state index in [1.54, 1.807) is 0 Å². The predicted molar refractivity (Wildman–Crippen MR) is 125 cm³/mol. The van der Waals surface area contributed by atoms with Crippen LogP contribution in [-0.4, -0.2) is 41.9 Å². The summed E-state index contributed by atoms with van der Waals surface area (Å²) in [6, 6.07) is 9.84. The molecule has 2 aromatic rings. The first-order valence-corrected chi connectivity index (χ1v) is 11.7. The summed E-state index contributed by atoms with van der Waals surface area (Å²) in [4.78, 5) is 27.5. The van der Waals surface area contributed by atoms with E-state index >= 15 is 0 Å². The molecule has 2 heterocycles. The van der Waals surface area contributed by atoms with Gasteiger partial charge in [0.1, 0.15) is 17.1 Å². The Morgan fingerprint density at radius 3 is 2.53 bits per heavy atom. The molecule has 0 bridgehead atoms. The molecule has 170 valence electrons. The van der Waals surface area contributed by atoms with Gasteiger partial charge < -0.3 is 14.4 Å². The number of likely N-dealkylation sites (tertiary alicyclic amines) is 1. The Labute approximate surface area is 194 Å². The third-order valence-electron chi connectivity index (χ3n) is 6.68. The quantitative estimate of drug-likeness (QED) is 0.612. The third-order valence-corrected chi connectivity index (χ3v) is 7.26. The number of hydrogen-bond acceptors (Lipinski definition) is 4. The molecule has 2 aromatic carbocycles. The second kappa shape index (κ2) is 9.14. The van der Waals surface area contributed by atoms with Gasteiger partial charge in [0.2, 0.25) is 5.91 Å². The number of halogens is 1. The molecule has 1 fully saturated rings. The largest absolute Gasteiger partial charge is 0.493 e. The zero-order valence-electron chi connectivity index (χ0n) is 19.0. The zero-order valence-corrected chi connectivity index (χ0v) is 19.8. The van der Waals surface area contributed by atoms with Gasteiger partial charge >= 0.3 is 0 Å². The molecule has 1 spiro atoms. The number of carbonyl (C=O) groups is 2. The van der Waals surface area contributed by atoms with Crippen LogP contribution < -0.4 is 9.47 Å². The van der Waals surface area contributed by atoms with Crippen LogP contribution in [0.15, 0.2) is 30.3 Å². The number of Topliss-reactive ketones (excluding diaryl/α,β-unsaturated/α-hetero) is 1. The standard InChI is InChI=1S/C26H30ClNO4/c1-4-19-5-7-20(8-6-19)31-14-9-23(30)28-12-10-26(11-13-28)16-21(29)24-18(3)25(27)17(2)15-22(24)32-26/h5-8,15H,4,9-14,16H2,1-3H3. The Balaban J connectivity index is 1.32. The van der Waals surface area contributed by atoms with E-state index in [1.165, 1.54) is 5.56 Å². The minimum Gasteiger partial charge on any atom is -0.493 e. The minimum atomic E-state index is -0.537. The highest BCUT2D eigenvalue weighted by Gasteiger charge is 2.44. The number of fused-ring (bicyclic) bond motifs is 1. The van der Waals surface area contributed by atoms with Crippen LogP contribution in [0.1, 0.15) is 59.7 Å².